The molecule has 2 rings (SSSR count). The number of anilines is 1. The largest absolute Gasteiger partial charge is 0.350 e. The Morgan fingerprint density at radius 3 is 2.20 bits per heavy atom. The number of amides is 2. The van der Waals surface area contributed by atoms with E-state index in [4.69, 9.17) is 0 Å². The van der Waals surface area contributed by atoms with Crippen molar-refractivity contribution in [1.29, 1.82) is 0 Å². The van der Waals surface area contributed by atoms with Crippen LogP contribution < -0.4 is 9.62 Å². The molecule has 0 spiro atoms. The molecule has 192 valence electrons. The highest BCUT2D eigenvalue weighted by Crippen LogP contribution is 2.23. The summed E-state index contributed by atoms with van der Waals surface area (Å²) >= 11 is 3.42. The molecule has 0 saturated carbocycles. The summed E-state index contributed by atoms with van der Waals surface area (Å²) in [5, 5.41) is 2.94. The number of aryl methyl sites for hydroxylation is 1. The van der Waals surface area contributed by atoms with Gasteiger partial charge >= 0.3 is 0 Å². The van der Waals surface area contributed by atoms with E-state index in [-0.39, 0.29) is 31.3 Å². The molecule has 0 unspecified atom stereocenters. The molecule has 35 heavy (non-hydrogen) atoms. The van der Waals surface area contributed by atoms with Crippen LogP contribution in [0.3, 0.4) is 0 Å². The third-order valence-corrected chi connectivity index (χ3v) is 7.18. The molecule has 0 heterocycles. The van der Waals surface area contributed by atoms with Gasteiger partial charge in [0.05, 0.1) is 11.9 Å². The van der Waals surface area contributed by atoms with Crippen LogP contribution in [-0.2, 0) is 26.2 Å². The van der Waals surface area contributed by atoms with Gasteiger partial charge in [-0.15, -0.1) is 0 Å². The van der Waals surface area contributed by atoms with Crippen molar-refractivity contribution in [2.45, 2.75) is 65.6 Å². The number of nitrogens with one attached hydrogen (secondary N) is 1. The van der Waals surface area contributed by atoms with Gasteiger partial charge in [0.25, 0.3) is 0 Å². The van der Waals surface area contributed by atoms with Gasteiger partial charge in [-0.25, -0.2) is 8.42 Å². The Balaban J connectivity index is 2.19. The molecular weight excluding hydrogens is 530 g/mol. The molecule has 7 nitrogen and oxygen atoms in total. The molecule has 0 aliphatic rings. The number of carbonyl (C=O) groups is 2. The van der Waals surface area contributed by atoms with E-state index >= 15 is 0 Å². The van der Waals surface area contributed by atoms with Crippen LogP contribution in [0.15, 0.2) is 53.0 Å². The number of sulfonamides is 1. The van der Waals surface area contributed by atoms with Crippen LogP contribution in [0.25, 0.3) is 0 Å². The molecule has 0 aromatic heterocycles. The predicted molar refractivity (Wildman–Crippen MR) is 145 cm³/mol. The predicted octanol–water partition coefficient (Wildman–Crippen LogP) is 4.64. The second-order valence-electron chi connectivity index (χ2n) is 9.79. The lowest BCUT2D eigenvalue weighted by Crippen LogP contribution is -2.52. The van der Waals surface area contributed by atoms with Crippen LogP contribution in [0.1, 0.15) is 51.7 Å². The van der Waals surface area contributed by atoms with Crippen molar-refractivity contribution in [2.75, 3.05) is 17.1 Å². The van der Waals surface area contributed by atoms with Crippen molar-refractivity contribution >= 4 is 43.5 Å². The first-order chi connectivity index (χ1) is 16.2. The van der Waals surface area contributed by atoms with Crippen LogP contribution >= 0.6 is 15.9 Å². The zero-order valence-electron chi connectivity index (χ0n) is 21.3. The van der Waals surface area contributed by atoms with Crippen molar-refractivity contribution in [3.63, 3.8) is 0 Å². The van der Waals surface area contributed by atoms with Crippen molar-refractivity contribution < 1.29 is 18.0 Å². The summed E-state index contributed by atoms with van der Waals surface area (Å²) < 4.78 is 27.2. The Morgan fingerprint density at radius 2 is 1.66 bits per heavy atom. The van der Waals surface area contributed by atoms with E-state index in [0.29, 0.717) is 12.1 Å². The van der Waals surface area contributed by atoms with E-state index in [1.165, 1.54) is 10.6 Å². The second kappa shape index (κ2) is 12.0. The van der Waals surface area contributed by atoms with Gasteiger partial charge in [-0.3, -0.25) is 13.9 Å². The molecule has 0 saturated heterocycles. The fourth-order valence-electron chi connectivity index (χ4n) is 3.67. The lowest BCUT2D eigenvalue weighted by atomic mass is 10.1. The van der Waals surface area contributed by atoms with E-state index in [1.807, 2.05) is 64.1 Å². The maximum absolute atomic E-state index is 13.3. The SMILES string of the molecule is Cc1ccccc1N(CCCC(=O)N(Cc1ccc(Br)cc1)[C@H](C)C(=O)NC(C)(C)C)S(C)(=O)=O. The average molecular weight is 567 g/mol. The van der Waals surface area contributed by atoms with E-state index in [9.17, 15) is 18.0 Å². The van der Waals surface area contributed by atoms with Gasteiger partial charge < -0.3 is 10.2 Å². The third kappa shape index (κ3) is 8.96. The van der Waals surface area contributed by atoms with Crippen LogP contribution in [0.4, 0.5) is 5.69 Å². The highest BCUT2D eigenvalue weighted by Gasteiger charge is 2.28. The standard InChI is InChI=1S/C26H36BrN3O4S/c1-19-10-7-8-11-23(19)30(35(6,33)34)17-9-12-24(31)29(18-21-13-15-22(27)16-14-21)20(2)25(32)28-26(3,4)5/h7-8,10-11,13-16,20H,9,12,17-18H2,1-6H3,(H,28,32)/t20-/m1/s1. The minimum Gasteiger partial charge on any atom is -0.350 e. The molecule has 2 aromatic carbocycles. The maximum Gasteiger partial charge on any atom is 0.242 e. The summed E-state index contributed by atoms with van der Waals surface area (Å²) in [4.78, 5) is 27.8. The summed E-state index contributed by atoms with van der Waals surface area (Å²) in [5.74, 6) is -0.441. The van der Waals surface area contributed by atoms with E-state index in [1.54, 1.807) is 24.0 Å². The number of rotatable bonds is 10. The Morgan fingerprint density at radius 1 is 1.06 bits per heavy atom. The highest BCUT2D eigenvalue weighted by molar-refractivity contribution is 9.10. The molecule has 2 amide bonds. The Bertz CT molecular complexity index is 1130. The molecule has 1 N–H and O–H groups in total. The van der Waals surface area contributed by atoms with E-state index in [2.05, 4.69) is 21.2 Å². The average Bonchev–Trinajstić information content (AvgIpc) is 2.74. The molecule has 0 fully saturated rings. The number of halogens is 1. The molecule has 0 radical (unpaired) electrons. The van der Waals surface area contributed by atoms with Gasteiger partial charge in [-0.1, -0.05) is 46.3 Å². The number of para-hydroxylation sites is 1. The normalized spacial score (nSPS) is 12.7. The second-order valence-corrected chi connectivity index (χ2v) is 12.6. The van der Waals surface area contributed by atoms with Gasteiger partial charge in [-0.2, -0.15) is 0 Å². The summed E-state index contributed by atoms with van der Waals surface area (Å²) in [7, 11) is -3.52. The number of nitrogens with zero attached hydrogens (tertiary/aromatic N) is 2. The van der Waals surface area contributed by atoms with Crippen molar-refractivity contribution in [3.05, 3.63) is 64.1 Å². The quantitative estimate of drug-likeness (QED) is 0.454. The molecule has 2 aromatic rings. The zero-order valence-corrected chi connectivity index (χ0v) is 23.7. The van der Waals surface area contributed by atoms with E-state index in [0.717, 1.165) is 15.6 Å². The first-order valence-corrected chi connectivity index (χ1v) is 14.2. The molecule has 0 aliphatic carbocycles. The van der Waals surface area contributed by atoms with Gasteiger partial charge in [-0.05, 0) is 70.4 Å². The topological polar surface area (TPSA) is 86.8 Å². The lowest BCUT2D eigenvalue weighted by Gasteiger charge is -2.32. The molecule has 0 aliphatic heterocycles. The van der Waals surface area contributed by atoms with Crippen LogP contribution in [-0.4, -0.2) is 49.5 Å². The number of hydrogen-bond donors (Lipinski definition) is 1. The number of carbonyl (C=O) groups excluding carboxylic acids is 2. The summed E-state index contributed by atoms with van der Waals surface area (Å²) in [6, 6.07) is 14.2. The fourth-order valence-corrected chi connectivity index (χ4v) is 4.96. The fraction of sp³-hybridized carbons (Fsp3) is 0.462. The number of hydrogen-bond acceptors (Lipinski definition) is 4. The van der Waals surface area contributed by atoms with Gasteiger partial charge in [0.2, 0.25) is 21.8 Å². The first kappa shape index (κ1) is 28.8. The zero-order chi connectivity index (χ0) is 26.4. The summed E-state index contributed by atoms with van der Waals surface area (Å²) in [5.41, 5.74) is 1.91. The third-order valence-electron chi connectivity index (χ3n) is 5.47. The molecule has 9 heteroatoms. The van der Waals surface area contributed by atoms with Crippen LogP contribution in [0, 0.1) is 6.92 Å². The van der Waals surface area contributed by atoms with E-state index < -0.39 is 21.6 Å². The monoisotopic (exact) mass is 565 g/mol. The van der Waals surface area contributed by atoms with Gasteiger partial charge in [0.15, 0.2) is 0 Å². The first-order valence-electron chi connectivity index (χ1n) is 11.6. The summed E-state index contributed by atoms with van der Waals surface area (Å²) in [6.45, 7) is 9.70. The highest BCUT2D eigenvalue weighted by atomic mass is 79.9. The van der Waals surface area contributed by atoms with Gasteiger partial charge in [0.1, 0.15) is 6.04 Å². The Kier molecular flexibility index (Phi) is 9.92. The Labute approximate surface area is 218 Å². The minimum atomic E-state index is -3.52. The summed E-state index contributed by atoms with van der Waals surface area (Å²) in [6.07, 6.45) is 1.60. The van der Waals surface area contributed by atoms with Crippen LogP contribution in [0.2, 0.25) is 0 Å². The molecular formula is C26H36BrN3O4S. The van der Waals surface area contributed by atoms with Gasteiger partial charge in [0, 0.05) is 29.5 Å². The van der Waals surface area contributed by atoms with Crippen LogP contribution in [0.5, 0.6) is 0 Å². The lowest BCUT2D eigenvalue weighted by molar-refractivity contribution is -0.141. The minimum absolute atomic E-state index is 0.113. The number of benzene rings is 2. The molecule has 1 atom stereocenters. The Hall–Kier alpha value is -2.39. The van der Waals surface area contributed by atoms with Crippen molar-refractivity contribution in [1.82, 2.24) is 10.2 Å². The van der Waals surface area contributed by atoms with Crippen molar-refractivity contribution in [3.8, 4) is 0 Å². The molecule has 0 bridgehead atoms. The van der Waals surface area contributed by atoms with Crippen molar-refractivity contribution in [2.24, 2.45) is 0 Å². The smallest absolute Gasteiger partial charge is 0.242 e. The maximum atomic E-state index is 13.3.